The summed E-state index contributed by atoms with van der Waals surface area (Å²) in [4.78, 5) is 33.2. The number of nitrogens with zero attached hydrogens (tertiary/aromatic N) is 3. The maximum Gasteiger partial charge on any atom is 0.318 e. The summed E-state index contributed by atoms with van der Waals surface area (Å²) >= 11 is 6.02. The molecule has 0 aromatic heterocycles. The minimum Gasteiger partial charge on any atom is -0.449 e. The lowest BCUT2D eigenvalue weighted by atomic mass is 10.1. The smallest absolute Gasteiger partial charge is 0.318 e. The first-order chi connectivity index (χ1) is 16.2. The molecule has 0 fully saturated rings. The number of hydrogen-bond acceptors (Lipinski definition) is 7. The van der Waals surface area contributed by atoms with Crippen molar-refractivity contribution in [3.8, 4) is 17.6 Å². The third-order valence-electron chi connectivity index (χ3n) is 4.31. The van der Waals surface area contributed by atoms with Crippen LogP contribution in [0.4, 0.5) is 21.5 Å². The minimum atomic E-state index is -0.843. The molecule has 34 heavy (non-hydrogen) atoms. The first-order valence-electron chi connectivity index (χ1n) is 9.27. The number of anilines is 1. The Balaban J connectivity index is 1.97. The van der Waals surface area contributed by atoms with E-state index in [0.717, 1.165) is 36.4 Å². The number of nitro benzene ring substituents is 2. The van der Waals surface area contributed by atoms with Gasteiger partial charge in [0.15, 0.2) is 0 Å². The summed E-state index contributed by atoms with van der Waals surface area (Å²) in [7, 11) is 0. The normalized spacial score (nSPS) is 10.8. The Labute approximate surface area is 195 Å². The Morgan fingerprint density at radius 1 is 1.03 bits per heavy atom. The van der Waals surface area contributed by atoms with Crippen LogP contribution in [-0.2, 0) is 4.79 Å². The zero-order valence-corrected chi connectivity index (χ0v) is 17.7. The summed E-state index contributed by atoms with van der Waals surface area (Å²) in [5.74, 6) is -1.62. The molecule has 1 N–H and O–H groups in total. The van der Waals surface area contributed by atoms with Gasteiger partial charge in [-0.2, -0.15) is 5.26 Å². The average Bonchev–Trinajstić information content (AvgIpc) is 2.80. The lowest BCUT2D eigenvalue weighted by Gasteiger charge is -2.10. The average molecular weight is 483 g/mol. The predicted molar refractivity (Wildman–Crippen MR) is 120 cm³/mol. The molecule has 0 aliphatic rings. The molecule has 0 aliphatic carbocycles. The second-order valence-corrected chi connectivity index (χ2v) is 7.02. The molecule has 3 aromatic rings. The molecular weight excluding hydrogens is 471 g/mol. The summed E-state index contributed by atoms with van der Waals surface area (Å²) < 4.78 is 18.7. The van der Waals surface area contributed by atoms with Gasteiger partial charge < -0.3 is 10.1 Å². The van der Waals surface area contributed by atoms with Crippen LogP contribution in [0.15, 0.2) is 66.2 Å². The van der Waals surface area contributed by atoms with Crippen molar-refractivity contribution >= 4 is 40.6 Å². The number of hydrogen-bond donors (Lipinski definition) is 1. The van der Waals surface area contributed by atoms with Crippen molar-refractivity contribution in [2.75, 3.05) is 5.32 Å². The number of halogens is 2. The third-order valence-corrected chi connectivity index (χ3v) is 4.54. The van der Waals surface area contributed by atoms with Gasteiger partial charge in [-0.25, -0.2) is 4.39 Å². The molecule has 3 aromatic carbocycles. The number of non-ortho nitro benzene ring substituents is 1. The van der Waals surface area contributed by atoms with Gasteiger partial charge in [-0.15, -0.1) is 0 Å². The Kier molecular flexibility index (Phi) is 7.15. The summed E-state index contributed by atoms with van der Waals surface area (Å²) in [6.45, 7) is 0. The number of nitro groups is 2. The van der Waals surface area contributed by atoms with E-state index in [1.54, 1.807) is 6.07 Å². The number of nitriles is 1. The van der Waals surface area contributed by atoms with Crippen molar-refractivity contribution in [1.82, 2.24) is 0 Å². The second kappa shape index (κ2) is 10.2. The SMILES string of the molecule is N#C/C(=C\c1cc(Cl)ccc1Oc1ccc([N+](=O)[O-])cc1[N+](=O)[O-])C(=O)Nc1ccc(F)cc1. The van der Waals surface area contributed by atoms with Crippen LogP contribution in [-0.4, -0.2) is 15.8 Å². The first-order valence-corrected chi connectivity index (χ1v) is 9.64. The number of nitrogens with one attached hydrogen (secondary N) is 1. The lowest BCUT2D eigenvalue weighted by molar-refractivity contribution is -0.394. The highest BCUT2D eigenvalue weighted by Crippen LogP contribution is 2.37. The van der Waals surface area contributed by atoms with E-state index in [1.165, 1.54) is 30.3 Å². The molecule has 0 aliphatic heterocycles. The molecule has 0 atom stereocenters. The topological polar surface area (TPSA) is 148 Å². The Bertz CT molecular complexity index is 1370. The van der Waals surface area contributed by atoms with Crippen LogP contribution in [0.5, 0.6) is 11.5 Å². The Hall–Kier alpha value is -4.82. The lowest BCUT2D eigenvalue weighted by Crippen LogP contribution is -2.13. The highest BCUT2D eigenvalue weighted by atomic mass is 35.5. The fraction of sp³-hybridized carbons (Fsp3) is 0. The quantitative estimate of drug-likeness (QED) is 0.198. The summed E-state index contributed by atoms with van der Waals surface area (Å²) in [5, 5.41) is 34.4. The molecule has 0 saturated carbocycles. The molecule has 0 heterocycles. The number of ether oxygens (including phenoxy) is 1. The molecule has 0 bridgehead atoms. The van der Waals surface area contributed by atoms with E-state index in [-0.39, 0.29) is 33.3 Å². The standard InChI is InChI=1S/C22H12ClFN4O6/c23-15-1-7-20(34-21-8-6-18(27(30)31)11-19(21)28(32)33)13(10-15)9-14(12-25)22(29)26-17-4-2-16(24)3-5-17/h1-11H,(H,26,29)/b14-9+. The minimum absolute atomic E-state index is 0.0105. The number of benzene rings is 3. The molecule has 10 nitrogen and oxygen atoms in total. The molecule has 170 valence electrons. The summed E-state index contributed by atoms with van der Waals surface area (Å²) in [6, 6.07) is 13.6. The van der Waals surface area contributed by atoms with E-state index in [1.807, 2.05) is 0 Å². The van der Waals surface area contributed by atoms with Crippen molar-refractivity contribution in [2.45, 2.75) is 0 Å². The van der Waals surface area contributed by atoms with Crippen molar-refractivity contribution in [3.05, 3.63) is 103 Å². The van der Waals surface area contributed by atoms with E-state index in [4.69, 9.17) is 16.3 Å². The zero-order valence-electron chi connectivity index (χ0n) is 16.9. The van der Waals surface area contributed by atoms with Crippen LogP contribution >= 0.6 is 11.6 Å². The Morgan fingerprint density at radius 2 is 1.71 bits per heavy atom. The van der Waals surface area contributed by atoms with E-state index < -0.39 is 32.9 Å². The maximum atomic E-state index is 13.1. The zero-order chi connectivity index (χ0) is 24.8. The molecule has 1 amide bonds. The van der Waals surface area contributed by atoms with Gasteiger partial charge in [0.2, 0.25) is 5.75 Å². The van der Waals surface area contributed by atoms with Gasteiger partial charge in [0, 0.05) is 22.3 Å². The first kappa shape index (κ1) is 23.8. The number of carbonyl (C=O) groups excluding carboxylic acids is 1. The van der Waals surface area contributed by atoms with Gasteiger partial charge in [0.25, 0.3) is 11.6 Å². The van der Waals surface area contributed by atoms with Crippen molar-refractivity contribution in [2.24, 2.45) is 0 Å². The van der Waals surface area contributed by atoms with E-state index in [0.29, 0.717) is 0 Å². The van der Waals surface area contributed by atoms with Crippen LogP contribution < -0.4 is 10.1 Å². The third kappa shape index (κ3) is 5.70. The molecule has 3 rings (SSSR count). The predicted octanol–water partition coefficient (Wildman–Crippen LogP) is 5.63. The van der Waals surface area contributed by atoms with E-state index in [9.17, 15) is 34.7 Å². The second-order valence-electron chi connectivity index (χ2n) is 6.58. The van der Waals surface area contributed by atoms with Gasteiger partial charge >= 0.3 is 5.69 Å². The molecule has 0 radical (unpaired) electrons. The molecular formula is C22H12ClFN4O6. The molecule has 0 unspecified atom stereocenters. The fourth-order valence-electron chi connectivity index (χ4n) is 2.73. The van der Waals surface area contributed by atoms with Gasteiger partial charge in [-0.1, -0.05) is 11.6 Å². The largest absolute Gasteiger partial charge is 0.449 e. The Morgan fingerprint density at radius 3 is 2.32 bits per heavy atom. The summed E-state index contributed by atoms with van der Waals surface area (Å²) in [6.07, 6.45) is 1.15. The monoisotopic (exact) mass is 482 g/mol. The van der Waals surface area contributed by atoms with E-state index in [2.05, 4.69) is 5.32 Å². The molecule has 0 spiro atoms. The van der Waals surface area contributed by atoms with Crippen molar-refractivity contribution in [3.63, 3.8) is 0 Å². The fourth-order valence-corrected chi connectivity index (χ4v) is 2.91. The van der Waals surface area contributed by atoms with Crippen molar-refractivity contribution in [1.29, 1.82) is 5.26 Å². The van der Waals surface area contributed by atoms with E-state index >= 15 is 0 Å². The van der Waals surface area contributed by atoms with Crippen molar-refractivity contribution < 1.29 is 23.8 Å². The van der Waals surface area contributed by atoms with Gasteiger partial charge in [-0.3, -0.25) is 25.0 Å². The van der Waals surface area contributed by atoms with Crippen LogP contribution in [0.3, 0.4) is 0 Å². The molecule has 12 heteroatoms. The van der Waals surface area contributed by atoms with Gasteiger partial charge in [0.05, 0.1) is 15.9 Å². The number of amides is 1. The molecule has 0 saturated heterocycles. The maximum absolute atomic E-state index is 13.1. The highest BCUT2D eigenvalue weighted by Gasteiger charge is 2.22. The van der Waals surface area contributed by atoms with Crippen LogP contribution in [0.2, 0.25) is 5.02 Å². The highest BCUT2D eigenvalue weighted by molar-refractivity contribution is 6.30. The van der Waals surface area contributed by atoms with Gasteiger partial charge in [-0.05, 0) is 54.6 Å². The number of rotatable bonds is 7. The summed E-state index contributed by atoms with van der Waals surface area (Å²) in [5.41, 5.74) is -1.15. The van der Waals surface area contributed by atoms with Gasteiger partial charge in [0.1, 0.15) is 23.2 Å². The number of carbonyl (C=O) groups is 1. The van der Waals surface area contributed by atoms with Crippen LogP contribution in [0.25, 0.3) is 6.08 Å². The van der Waals surface area contributed by atoms with Crippen LogP contribution in [0.1, 0.15) is 5.56 Å². The van der Waals surface area contributed by atoms with Crippen LogP contribution in [0, 0.1) is 37.4 Å².